The number of carbonyl (C=O) groups is 1. The Morgan fingerprint density at radius 1 is 1.38 bits per heavy atom. The van der Waals surface area contributed by atoms with Gasteiger partial charge in [0.2, 0.25) is 5.91 Å². The predicted octanol–water partition coefficient (Wildman–Crippen LogP) is 3.16. The minimum absolute atomic E-state index is 0.0932. The van der Waals surface area contributed by atoms with E-state index in [1.165, 1.54) is 19.1 Å². The summed E-state index contributed by atoms with van der Waals surface area (Å²) in [5, 5.41) is 16.8. The van der Waals surface area contributed by atoms with E-state index in [0.717, 1.165) is 16.8 Å². The maximum absolute atomic E-state index is 12.6. The van der Waals surface area contributed by atoms with E-state index in [-0.39, 0.29) is 17.1 Å². The predicted molar refractivity (Wildman–Crippen MR) is 84.9 cm³/mol. The van der Waals surface area contributed by atoms with Crippen LogP contribution in [0, 0.1) is 17.0 Å². The van der Waals surface area contributed by atoms with Gasteiger partial charge in [-0.05, 0) is 32.0 Å². The van der Waals surface area contributed by atoms with Crippen LogP contribution >= 0.6 is 0 Å². The first kappa shape index (κ1) is 19.2. The van der Waals surface area contributed by atoms with Crippen LogP contribution in [0.1, 0.15) is 18.3 Å². The third-order valence-corrected chi connectivity index (χ3v) is 3.32. The number of nitrogens with one attached hydrogen (secondary N) is 1. The molecule has 2 rings (SSSR count). The summed E-state index contributed by atoms with van der Waals surface area (Å²) >= 11 is 0. The molecule has 0 atom stereocenters. The molecule has 11 heteroatoms. The second-order valence-electron chi connectivity index (χ2n) is 5.24. The van der Waals surface area contributed by atoms with Crippen molar-refractivity contribution in [1.82, 2.24) is 9.78 Å². The van der Waals surface area contributed by atoms with E-state index in [4.69, 9.17) is 4.74 Å². The standard InChI is InChI=1S/C15H15F3N4O4/c1-3-26-10-4-5-11(12(7-10)22(24)25)19-14(23)8-21-9(2)6-13(20-21)15(16,17)18/h4-7H,3,8H2,1-2H3,(H,19,23). The lowest BCUT2D eigenvalue weighted by Gasteiger charge is -2.09. The van der Waals surface area contributed by atoms with Gasteiger partial charge in [-0.1, -0.05) is 0 Å². The normalized spacial score (nSPS) is 11.3. The quantitative estimate of drug-likeness (QED) is 0.620. The molecular weight excluding hydrogens is 357 g/mol. The molecule has 0 fully saturated rings. The van der Waals surface area contributed by atoms with Gasteiger partial charge in [0.15, 0.2) is 5.69 Å². The van der Waals surface area contributed by atoms with Crippen molar-refractivity contribution in [1.29, 1.82) is 0 Å². The zero-order valence-corrected chi connectivity index (χ0v) is 13.8. The van der Waals surface area contributed by atoms with Crippen LogP contribution in [0.3, 0.4) is 0 Å². The number of amides is 1. The topological polar surface area (TPSA) is 99.3 Å². The monoisotopic (exact) mass is 372 g/mol. The second kappa shape index (κ2) is 7.42. The first-order valence-electron chi connectivity index (χ1n) is 7.44. The highest BCUT2D eigenvalue weighted by Gasteiger charge is 2.34. The van der Waals surface area contributed by atoms with E-state index in [0.29, 0.717) is 6.61 Å². The third kappa shape index (κ3) is 4.49. The maximum Gasteiger partial charge on any atom is 0.435 e. The average Bonchev–Trinajstić information content (AvgIpc) is 2.90. The molecule has 2 aromatic rings. The van der Waals surface area contributed by atoms with Crippen LogP contribution in [0.2, 0.25) is 0 Å². The molecule has 0 saturated carbocycles. The maximum atomic E-state index is 12.6. The van der Waals surface area contributed by atoms with Gasteiger partial charge in [-0.2, -0.15) is 18.3 Å². The van der Waals surface area contributed by atoms with E-state index >= 15 is 0 Å². The molecule has 0 spiro atoms. The van der Waals surface area contributed by atoms with Gasteiger partial charge in [-0.3, -0.25) is 19.6 Å². The Kier molecular flexibility index (Phi) is 5.48. The molecule has 0 aliphatic heterocycles. The lowest BCUT2D eigenvalue weighted by Crippen LogP contribution is -2.21. The number of rotatable bonds is 6. The Bertz CT molecular complexity index is 833. The van der Waals surface area contributed by atoms with Crippen LogP contribution in [0.4, 0.5) is 24.5 Å². The summed E-state index contributed by atoms with van der Waals surface area (Å²) in [4.78, 5) is 22.5. The van der Waals surface area contributed by atoms with Gasteiger partial charge in [0.05, 0.1) is 17.6 Å². The number of alkyl halides is 3. The van der Waals surface area contributed by atoms with Crippen molar-refractivity contribution < 1.29 is 27.6 Å². The van der Waals surface area contributed by atoms with Crippen molar-refractivity contribution in [3.63, 3.8) is 0 Å². The Morgan fingerprint density at radius 3 is 2.62 bits per heavy atom. The number of aryl methyl sites for hydroxylation is 1. The van der Waals surface area contributed by atoms with Gasteiger partial charge in [-0.15, -0.1) is 0 Å². The van der Waals surface area contributed by atoms with Gasteiger partial charge >= 0.3 is 6.18 Å². The van der Waals surface area contributed by atoms with Crippen molar-refractivity contribution in [2.75, 3.05) is 11.9 Å². The Balaban J connectivity index is 2.18. The van der Waals surface area contributed by atoms with Gasteiger partial charge in [0.25, 0.3) is 5.69 Å². The number of ether oxygens (including phenoxy) is 1. The summed E-state index contributed by atoms with van der Waals surface area (Å²) < 4.78 is 44.0. The van der Waals surface area contributed by atoms with Crippen molar-refractivity contribution in [3.05, 3.63) is 45.8 Å². The second-order valence-corrected chi connectivity index (χ2v) is 5.24. The van der Waals surface area contributed by atoms with Gasteiger partial charge in [0, 0.05) is 5.69 Å². The molecule has 0 aliphatic carbocycles. The fourth-order valence-corrected chi connectivity index (χ4v) is 2.16. The molecule has 0 aliphatic rings. The fraction of sp³-hybridized carbons (Fsp3) is 0.333. The summed E-state index contributed by atoms with van der Waals surface area (Å²) in [5.74, 6) is -0.493. The highest BCUT2D eigenvalue weighted by Crippen LogP contribution is 2.30. The largest absolute Gasteiger partial charge is 0.494 e. The molecule has 0 saturated heterocycles. The minimum Gasteiger partial charge on any atom is -0.494 e. The molecule has 0 unspecified atom stereocenters. The molecule has 1 heterocycles. The van der Waals surface area contributed by atoms with Crippen LogP contribution in [-0.2, 0) is 17.5 Å². The number of nitrogens with zero attached hydrogens (tertiary/aromatic N) is 3. The first-order chi connectivity index (χ1) is 12.1. The van der Waals surface area contributed by atoms with Gasteiger partial charge < -0.3 is 10.1 Å². The molecule has 1 aromatic carbocycles. The fourth-order valence-electron chi connectivity index (χ4n) is 2.16. The minimum atomic E-state index is -4.62. The van der Waals surface area contributed by atoms with Crippen molar-refractivity contribution in [2.45, 2.75) is 26.6 Å². The number of benzene rings is 1. The Labute approximate surface area is 145 Å². The molecule has 1 aromatic heterocycles. The van der Waals surface area contributed by atoms with Crippen LogP contribution in [-0.4, -0.2) is 27.2 Å². The van der Waals surface area contributed by atoms with Crippen LogP contribution in [0.25, 0.3) is 0 Å². The van der Waals surface area contributed by atoms with Crippen molar-refractivity contribution >= 4 is 17.3 Å². The van der Waals surface area contributed by atoms with Crippen LogP contribution < -0.4 is 10.1 Å². The van der Waals surface area contributed by atoms with E-state index < -0.39 is 34.9 Å². The van der Waals surface area contributed by atoms with Crippen molar-refractivity contribution in [2.24, 2.45) is 0 Å². The van der Waals surface area contributed by atoms with E-state index in [9.17, 15) is 28.1 Å². The molecule has 1 amide bonds. The molecular formula is C15H15F3N4O4. The molecule has 0 bridgehead atoms. The smallest absolute Gasteiger partial charge is 0.435 e. The summed E-state index contributed by atoms with van der Waals surface area (Å²) in [6, 6.07) is 4.69. The van der Waals surface area contributed by atoms with Gasteiger partial charge in [-0.25, -0.2) is 0 Å². The molecule has 140 valence electrons. The Morgan fingerprint density at radius 2 is 2.08 bits per heavy atom. The molecule has 26 heavy (non-hydrogen) atoms. The van der Waals surface area contributed by atoms with E-state index in [1.54, 1.807) is 6.92 Å². The van der Waals surface area contributed by atoms with E-state index in [1.807, 2.05) is 0 Å². The molecule has 1 N–H and O–H groups in total. The zero-order chi connectivity index (χ0) is 19.5. The number of carbonyl (C=O) groups excluding carboxylic acids is 1. The highest BCUT2D eigenvalue weighted by atomic mass is 19.4. The SMILES string of the molecule is CCOc1ccc(NC(=O)Cn2nc(C(F)(F)F)cc2C)c([N+](=O)[O-])c1. The lowest BCUT2D eigenvalue weighted by atomic mass is 10.2. The highest BCUT2D eigenvalue weighted by molar-refractivity contribution is 5.93. The zero-order valence-electron chi connectivity index (χ0n) is 13.8. The first-order valence-corrected chi connectivity index (χ1v) is 7.44. The third-order valence-electron chi connectivity index (χ3n) is 3.32. The summed E-state index contributed by atoms with van der Waals surface area (Å²) in [5.41, 5.74) is -1.47. The number of halogens is 3. The summed E-state index contributed by atoms with van der Waals surface area (Å²) in [6.45, 7) is 2.87. The molecule has 8 nitrogen and oxygen atoms in total. The van der Waals surface area contributed by atoms with Crippen molar-refractivity contribution in [3.8, 4) is 5.75 Å². The number of nitro groups is 1. The van der Waals surface area contributed by atoms with Crippen LogP contribution in [0.5, 0.6) is 5.75 Å². The summed E-state index contributed by atoms with van der Waals surface area (Å²) in [6.07, 6.45) is -4.62. The lowest BCUT2D eigenvalue weighted by molar-refractivity contribution is -0.384. The van der Waals surface area contributed by atoms with E-state index in [2.05, 4.69) is 10.4 Å². The Hall–Kier alpha value is -3.11. The summed E-state index contributed by atoms with van der Waals surface area (Å²) in [7, 11) is 0. The van der Waals surface area contributed by atoms with Gasteiger partial charge in [0.1, 0.15) is 18.0 Å². The van der Waals surface area contributed by atoms with Crippen LogP contribution in [0.15, 0.2) is 24.3 Å². The average molecular weight is 372 g/mol. The number of hydrogen-bond donors (Lipinski definition) is 1. The number of aromatic nitrogens is 2. The number of hydrogen-bond acceptors (Lipinski definition) is 5. The number of anilines is 1. The number of nitro benzene ring substituents is 1. The molecule has 0 radical (unpaired) electrons.